The van der Waals surface area contributed by atoms with Crippen LogP contribution in [0, 0.1) is 11.8 Å². The SMILES string of the molecule is O=C1NC(C2CCC2)CN1CC1CCCNC1. The van der Waals surface area contributed by atoms with Crippen molar-refractivity contribution in [2.24, 2.45) is 11.8 Å². The highest BCUT2D eigenvalue weighted by molar-refractivity contribution is 5.77. The normalized spacial score (nSPS) is 34.6. The van der Waals surface area contributed by atoms with Gasteiger partial charge in [0.2, 0.25) is 0 Å². The summed E-state index contributed by atoms with van der Waals surface area (Å²) in [4.78, 5) is 13.9. The van der Waals surface area contributed by atoms with Crippen LogP contribution in [0.15, 0.2) is 0 Å². The summed E-state index contributed by atoms with van der Waals surface area (Å²) in [5, 5.41) is 6.58. The van der Waals surface area contributed by atoms with Gasteiger partial charge in [-0.3, -0.25) is 0 Å². The maximum Gasteiger partial charge on any atom is 0.317 e. The van der Waals surface area contributed by atoms with Gasteiger partial charge in [-0.2, -0.15) is 0 Å². The molecule has 2 amide bonds. The monoisotopic (exact) mass is 237 g/mol. The second kappa shape index (κ2) is 4.84. The number of urea groups is 1. The highest BCUT2D eigenvalue weighted by atomic mass is 16.2. The Labute approximate surface area is 103 Å². The molecule has 96 valence electrons. The van der Waals surface area contributed by atoms with Crippen molar-refractivity contribution in [3.63, 3.8) is 0 Å². The van der Waals surface area contributed by atoms with E-state index in [4.69, 9.17) is 0 Å². The van der Waals surface area contributed by atoms with Gasteiger partial charge < -0.3 is 15.5 Å². The molecule has 1 saturated carbocycles. The highest BCUT2D eigenvalue weighted by Gasteiger charge is 2.37. The van der Waals surface area contributed by atoms with Crippen LogP contribution in [-0.4, -0.2) is 43.2 Å². The predicted molar refractivity (Wildman–Crippen MR) is 66.8 cm³/mol. The number of carbonyl (C=O) groups is 1. The fourth-order valence-electron chi connectivity index (χ4n) is 3.27. The minimum Gasteiger partial charge on any atom is -0.333 e. The van der Waals surface area contributed by atoms with Crippen LogP contribution in [0.4, 0.5) is 4.79 Å². The molecule has 0 spiro atoms. The molecule has 17 heavy (non-hydrogen) atoms. The largest absolute Gasteiger partial charge is 0.333 e. The Morgan fingerprint density at radius 1 is 1.24 bits per heavy atom. The van der Waals surface area contributed by atoms with Gasteiger partial charge in [0, 0.05) is 13.1 Å². The first-order valence-electron chi connectivity index (χ1n) is 7.09. The van der Waals surface area contributed by atoms with Crippen LogP contribution in [-0.2, 0) is 0 Å². The molecule has 2 saturated heterocycles. The number of piperidine rings is 1. The van der Waals surface area contributed by atoms with Crippen LogP contribution >= 0.6 is 0 Å². The minimum atomic E-state index is 0.174. The Morgan fingerprint density at radius 3 is 2.76 bits per heavy atom. The summed E-state index contributed by atoms with van der Waals surface area (Å²) in [6.07, 6.45) is 6.49. The Hall–Kier alpha value is -0.770. The Kier molecular flexibility index (Phi) is 3.23. The smallest absolute Gasteiger partial charge is 0.317 e. The van der Waals surface area contributed by atoms with E-state index in [0.717, 1.165) is 32.1 Å². The number of hydrogen-bond donors (Lipinski definition) is 2. The molecule has 3 fully saturated rings. The van der Waals surface area contributed by atoms with E-state index in [1.165, 1.54) is 32.1 Å². The molecular formula is C13H23N3O. The van der Waals surface area contributed by atoms with Crippen LogP contribution in [0.5, 0.6) is 0 Å². The zero-order valence-corrected chi connectivity index (χ0v) is 10.5. The van der Waals surface area contributed by atoms with E-state index in [-0.39, 0.29) is 6.03 Å². The van der Waals surface area contributed by atoms with E-state index >= 15 is 0 Å². The van der Waals surface area contributed by atoms with E-state index in [9.17, 15) is 4.79 Å². The third kappa shape index (κ3) is 2.41. The fraction of sp³-hybridized carbons (Fsp3) is 0.923. The third-order valence-corrected chi connectivity index (χ3v) is 4.61. The van der Waals surface area contributed by atoms with Crippen molar-refractivity contribution in [1.82, 2.24) is 15.5 Å². The van der Waals surface area contributed by atoms with E-state index in [1.807, 2.05) is 4.90 Å². The zero-order chi connectivity index (χ0) is 11.7. The maximum absolute atomic E-state index is 11.9. The second-order valence-electron chi connectivity index (χ2n) is 5.86. The van der Waals surface area contributed by atoms with Crippen molar-refractivity contribution in [2.75, 3.05) is 26.2 Å². The van der Waals surface area contributed by atoms with Gasteiger partial charge in [-0.05, 0) is 50.6 Å². The zero-order valence-electron chi connectivity index (χ0n) is 10.5. The predicted octanol–water partition coefficient (Wildman–Crippen LogP) is 1.18. The van der Waals surface area contributed by atoms with E-state index in [1.54, 1.807) is 0 Å². The lowest BCUT2D eigenvalue weighted by atomic mass is 9.80. The Morgan fingerprint density at radius 2 is 2.12 bits per heavy atom. The van der Waals surface area contributed by atoms with Crippen molar-refractivity contribution >= 4 is 6.03 Å². The molecule has 0 aromatic heterocycles. The average molecular weight is 237 g/mol. The first-order chi connectivity index (χ1) is 8.33. The minimum absolute atomic E-state index is 0.174. The summed E-state index contributed by atoms with van der Waals surface area (Å²) in [5.41, 5.74) is 0. The topological polar surface area (TPSA) is 44.4 Å². The molecule has 0 radical (unpaired) electrons. The van der Waals surface area contributed by atoms with Crippen molar-refractivity contribution in [1.29, 1.82) is 0 Å². The summed E-state index contributed by atoms with van der Waals surface area (Å²) < 4.78 is 0. The van der Waals surface area contributed by atoms with Gasteiger partial charge in [0.1, 0.15) is 0 Å². The molecule has 2 N–H and O–H groups in total. The van der Waals surface area contributed by atoms with Gasteiger partial charge in [-0.25, -0.2) is 4.79 Å². The van der Waals surface area contributed by atoms with Gasteiger partial charge in [-0.1, -0.05) is 6.42 Å². The van der Waals surface area contributed by atoms with Crippen LogP contribution in [0.1, 0.15) is 32.1 Å². The van der Waals surface area contributed by atoms with Gasteiger partial charge in [0.05, 0.1) is 6.04 Å². The summed E-state index contributed by atoms with van der Waals surface area (Å²) in [7, 11) is 0. The molecule has 2 heterocycles. The number of amides is 2. The standard InChI is InChI=1S/C13H23N3O/c17-13-15-12(11-4-1-5-11)9-16(13)8-10-3-2-6-14-7-10/h10-12,14H,1-9H2,(H,15,17). The molecule has 0 aromatic carbocycles. The number of nitrogens with one attached hydrogen (secondary N) is 2. The van der Waals surface area contributed by atoms with Crippen LogP contribution in [0.2, 0.25) is 0 Å². The lowest BCUT2D eigenvalue weighted by molar-refractivity contribution is 0.199. The van der Waals surface area contributed by atoms with Gasteiger partial charge in [-0.15, -0.1) is 0 Å². The first-order valence-corrected chi connectivity index (χ1v) is 7.09. The quantitative estimate of drug-likeness (QED) is 0.774. The molecule has 2 unspecified atom stereocenters. The van der Waals surface area contributed by atoms with Crippen LogP contribution < -0.4 is 10.6 Å². The molecular weight excluding hydrogens is 214 g/mol. The third-order valence-electron chi connectivity index (χ3n) is 4.61. The lowest BCUT2D eigenvalue weighted by Gasteiger charge is -2.31. The van der Waals surface area contributed by atoms with E-state index in [0.29, 0.717) is 12.0 Å². The van der Waals surface area contributed by atoms with E-state index < -0.39 is 0 Å². The van der Waals surface area contributed by atoms with Gasteiger partial charge >= 0.3 is 6.03 Å². The molecule has 3 aliphatic rings. The first kappa shape index (κ1) is 11.3. The van der Waals surface area contributed by atoms with Gasteiger partial charge in [0.15, 0.2) is 0 Å². The average Bonchev–Trinajstić information content (AvgIpc) is 2.59. The number of carbonyl (C=O) groups excluding carboxylic acids is 1. The second-order valence-corrected chi connectivity index (χ2v) is 5.86. The molecule has 0 aromatic rings. The fourth-order valence-corrected chi connectivity index (χ4v) is 3.27. The Balaban J connectivity index is 1.51. The Bertz CT molecular complexity index is 284. The summed E-state index contributed by atoms with van der Waals surface area (Å²) >= 11 is 0. The molecule has 4 heteroatoms. The molecule has 3 rings (SSSR count). The molecule has 4 nitrogen and oxygen atoms in total. The maximum atomic E-state index is 11.9. The van der Waals surface area contributed by atoms with Crippen LogP contribution in [0.25, 0.3) is 0 Å². The van der Waals surface area contributed by atoms with Crippen molar-refractivity contribution in [2.45, 2.75) is 38.1 Å². The summed E-state index contributed by atoms with van der Waals surface area (Å²) in [6.45, 7) is 4.12. The van der Waals surface area contributed by atoms with E-state index in [2.05, 4.69) is 10.6 Å². The van der Waals surface area contributed by atoms with Crippen LogP contribution in [0.3, 0.4) is 0 Å². The van der Waals surface area contributed by atoms with Crippen molar-refractivity contribution in [3.05, 3.63) is 0 Å². The molecule has 0 bridgehead atoms. The summed E-state index contributed by atoms with van der Waals surface area (Å²) in [6, 6.07) is 0.611. The number of hydrogen-bond acceptors (Lipinski definition) is 2. The highest BCUT2D eigenvalue weighted by Crippen LogP contribution is 2.31. The molecule has 2 atom stereocenters. The molecule has 1 aliphatic carbocycles. The number of rotatable bonds is 3. The lowest BCUT2D eigenvalue weighted by Crippen LogP contribution is -2.39. The van der Waals surface area contributed by atoms with Gasteiger partial charge in [0.25, 0.3) is 0 Å². The number of nitrogens with zero attached hydrogens (tertiary/aromatic N) is 1. The summed E-state index contributed by atoms with van der Waals surface area (Å²) in [5.74, 6) is 1.42. The molecule has 2 aliphatic heterocycles. The van der Waals surface area contributed by atoms with Crippen molar-refractivity contribution < 1.29 is 4.79 Å². The van der Waals surface area contributed by atoms with Crippen molar-refractivity contribution in [3.8, 4) is 0 Å².